The van der Waals surface area contributed by atoms with Crippen molar-refractivity contribution < 1.29 is 0 Å². The Morgan fingerprint density at radius 1 is 1.32 bits per heavy atom. The number of aromatic nitrogens is 5. The Labute approximate surface area is 112 Å². The van der Waals surface area contributed by atoms with E-state index in [-0.39, 0.29) is 0 Å². The molecule has 0 saturated carbocycles. The topological polar surface area (TPSA) is 94.5 Å². The molecule has 2 heterocycles. The second-order valence-corrected chi connectivity index (χ2v) is 4.38. The summed E-state index contributed by atoms with van der Waals surface area (Å²) in [6.45, 7) is 2.82. The summed E-state index contributed by atoms with van der Waals surface area (Å²) in [6.07, 6.45) is 4.31. The summed E-state index contributed by atoms with van der Waals surface area (Å²) >= 11 is 0. The Hall–Kier alpha value is -2.18. The van der Waals surface area contributed by atoms with Gasteiger partial charge in [-0.1, -0.05) is 6.92 Å². The molecule has 7 nitrogen and oxygen atoms in total. The van der Waals surface area contributed by atoms with Crippen LogP contribution >= 0.6 is 0 Å². The average molecular weight is 261 g/mol. The van der Waals surface area contributed by atoms with Crippen molar-refractivity contribution in [2.75, 3.05) is 17.6 Å². The predicted molar refractivity (Wildman–Crippen MR) is 73.6 cm³/mol. The van der Waals surface area contributed by atoms with Crippen molar-refractivity contribution in [1.29, 1.82) is 0 Å². The highest BCUT2D eigenvalue weighted by Gasteiger charge is 2.03. The standard InChI is InChI=1S/C12H19N7/c1-3-4-10-16-9(13)7-11(17-10)14-6-5-12-18-15-8-19(12)2/h7-8H,3-6H2,1-2H3,(H3,13,14,16,17). The smallest absolute Gasteiger partial charge is 0.134 e. The predicted octanol–water partition coefficient (Wildman–Crippen LogP) is 0.794. The number of rotatable bonds is 6. The van der Waals surface area contributed by atoms with E-state index in [1.54, 1.807) is 12.4 Å². The molecule has 0 aromatic carbocycles. The van der Waals surface area contributed by atoms with E-state index >= 15 is 0 Å². The first-order chi connectivity index (χ1) is 9.19. The molecule has 102 valence electrons. The maximum absolute atomic E-state index is 5.76. The van der Waals surface area contributed by atoms with Crippen molar-refractivity contribution in [2.45, 2.75) is 26.2 Å². The van der Waals surface area contributed by atoms with E-state index in [0.29, 0.717) is 5.82 Å². The molecule has 0 aliphatic heterocycles. The van der Waals surface area contributed by atoms with Crippen molar-refractivity contribution in [3.05, 3.63) is 24.0 Å². The minimum atomic E-state index is 0.500. The van der Waals surface area contributed by atoms with Crippen LogP contribution in [-0.2, 0) is 19.9 Å². The molecule has 0 aliphatic rings. The first kappa shape index (κ1) is 13.3. The normalized spacial score (nSPS) is 10.6. The van der Waals surface area contributed by atoms with Gasteiger partial charge in [-0.05, 0) is 6.42 Å². The molecular weight excluding hydrogens is 242 g/mol. The van der Waals surface area contributed by atoms with Gasteiger partial charge in [0.2, 0.25) is 0 Å². The first-order valence-corrected chi connectivity index (χ1v) is 6.39. The number of hydrogen-bond acceptors (Lipinski definition) is 6. The molecule has 2 aromatic rings. The van der Waals surface area contributed by atoms with Crippen LogP contribution in [0.3, 0.4) is 0 Å². The summed E-state index contributed by atoms with van der Waals surface area (Å²) < 4.78 is 1.90. The third-order valence-electron chi connectivity index (χ3n) is 2.73. The number of aryl methyl sites for hydroxylation is 2. The molecule has 19 heavy (non-hydrogen) atoms. The van der Waals surface area contributed by atoms with E-state index in [1.807, 2.05) is 11.6 Å². The van der Waals surface area contributed by atoms with Gasteiger partial charge in [0, 0.05) is 32.5 Å². The molecular formula is C12H19N7. The van der Waals surface area contributed by atoms with Crippen LogP contribution in [-0.4, -0.2) is 31.3 Å². The molecule has 0 saturated heterocycles. The van der Waals surface area contributed by atoms with Crippen LogP contribution in [0.1, 0.15) is 25.0 Å². The van der Waals surface area contributed by atoms with E-state index < -0.39 is 0 Å². The van der Waals surface area contributed by atoms with Crippen molar-refractivity contribution in [3.8, 4) is 0 Å². The minimum absolute atomic E-state index is 0.500. The Bertz CT molecular complexity index is 535. The average Bonchev–Trinajstić information content (AvgIpc) is 2.75. The highest BCUT2D eigenvalue weighted by atomic mass is 15.2. The monoisotopic (exact) mass is 261 g/mol. The lowest BCUT2D eigenvalue weighted by atomic mass is 10.3. The molecule has 0 amide bonds. The van der Waals surface area contributed by atoms with Gasteiger partial charge in [0.1, 0.15) is 29.6 Å². The summed E-state index contributed by atoms with van der Waals surface area (Å²) in [4.78, 5) is 8.62. The Balaban J connectivity index is 1.94. The van der Waals surface area contributed by atoms with E-state index in [0.717, 1.165) is 43.3 Å². The second kappa shape index (κ2) is 6.12. The fraction of sp³-hybridized carbons (Fsp3) is 0.500. The number of hydrogen-bond donors (Lipinski definition) is 2. The van der Waals surface area contributed by atoms with Gasteiger partial charge in [0.15, 0.2) is 0 Å². The van der Waals surface area contributed by atoms with Crippen LogP contribution in [0.15, 0.2) is 12.4 Å². The lowest BCUT2D eigenvalue weighted by Gasteiger charge is -2.07. The molecule has 0 fully saturated rings. The molecule has 2 rings (SSSR count). The first-order valence-electron chi connectivity index (χ1n) is 6.39. The molecule has 0 atom stereocenters. The van der Waals surface area contributed by atoms with Crippen LogP contribution in [0.4, 0.5) is 11.6 Å². The fourth-order valence-electron chi connectivity index (χ4n) is 1.78. The van der Waals surface area contributed by atoms with Crippen LogP contribution in [0.5, 0.6) is 0 Å². The maximum Gasteiger partial charge on any atom is 0.134 e. The zero-order valence-electron chi connectivity index (χ0n) is 11.3. The zero-order valence-corrected chi connectivity index (χ0v) is 11.3. The van der Waals surface area contributed by atoms with Gasteiger partial charge in [-0.3, -0.25) is 0 Å². The number of nitrogens with one attached hydrogen (secondary N) is 1. The molecule has 3 N–H and O–H groups in total. The third-order valence-corrected chi connectivity index (χ3v) is 2.73. The van der Waals surface area contributed by atoms with Crippen LogP contribution in [0.2, 0.25) is 0 Å². The van der Waals surface area contributed by atoms with Gasteiger partial charge in [0.05, 0.1) is 0 Å². The highest BCUT2D eigenvalue weighted by Crippen LogP contribution is 2.09. The Morgan fingerprint density at radius 3 is 2.84 bits per heavy atom. The van der Waals surface area contributed by atoms with E-state index in [1.165, 1.54) is 0 Å². The summed E-state index contributed by atoms with van der Waals surface area (Å²) in [5, 5.41) is 11.1. The van der Waals surface area contributed by atoms with Gasteiger partial charge in [-0.15, -0.1) is 10.2 Å². The van der Waals surface area contributed by atoms with Crippen molar-refractivity contribution in [2.24, 2.45) is 7.05 Å². The van der Waals surface area contributed by atoms with Gasteiger partial charge in [-0.25, -0.2) is 9.97 Å². The van der Waals surface area contributed by atoms with Gasteiger partial charge < -0.3 is 15.6 Å². The van der Waals surface area contributed by atoms with Crippen molar-refractivity contribution >= 4 is 11.6 Å². The third kappa shape index (κ3) is 3.64. The van der Waals surface area contributed by atoms with Gasteiger partial charge in [-0.2, -0.15) is 0 Å². The zero-order chi connectivity index (χ0) is 13.7. The molecule has 0 spiro atoms. The molecule has 0 unspecified atom stereocenters. The largest absolute Gasteiger partial charge is 0.384 e. The molecule has 0 aliphatic carbocycles. The summed E-state index contributed by atoms with van der Waals surface area (Å²) in [5.41, 5.74) is 5.76. The highest BCUT2D eigenvalue weighted by molar-refractivity contribution is 5.44. The quantitative estimate of drug-likeness (QED) is 0.798. The number of nitrogens with zero attached hydrogens (tertiary/aromatic N) is 5. The lowest BCUT2D eigenvalue weighted by molar-refractivity contribution is 0.784. The maximum atomic E-state index is 5.76. The Kier molecular flexibility index (Phi) is 4.27. The fourth-order valence-corrected chi connectivity index (χ4v) is 1.78. The van der Waals surface area contributed by atoms with E-state index in [4.69, 9.17) is 5.73 Å². The summed E-state index contributed by atoms with van der Waals surface area (Å²) in [7, 11) is 1.93. The van der Waals surface area contributed by atoms with E-state index in [2.05, 4.69) is 32.4 Å². The van der Waals surface area contributed by atoms with E-state index in [9.17, 15) is 0 Å². The number of nitrogens with two attached hydrogens (primary N) is 1. The van der Waals surface area contributed by atoms with Gasteiger partial charge >= 0.3 is 0 Å². The number of anilines is 2. The SMILES string of the molecule is CCCc1nc(N)cc(NCCc2nncn2C)n1. The summed E-state index contributed by atoms with van der Waals surface area (Å²) in [5.74, 6) is 2.98. The molecule has 2 aromatic heterocycles. The molecule has 7 heteroatoms. The molecule has 0 bridgehead atoms. The van der Waals surface area contributed by atoms with Crippen LogP contribution in [0.25, 0.3) is 0 Å². The molecule has 0 radical (unpaired) electrons. The lowest BCUT2D eigenvalue weighted by Crippen LogP contribution is -2.11. The van der Waals surface area contributed by atoms with Crippen molar-refractivity contribution in [1.82, 2.24) is 24.7 Å². The minimum Gasteiger partial charge on any atom is -0.384 e. The number of nitrogen functional groups attached to an aromatic ring is 1. The second-order valence-electron chi connectivity index (χ2n) is 4.38. The summed E-state index contributed by atoms with van der Waals surface area (Å²) in [6, 6.07) is 1.75. The van der Waals surface area contributed by atoms with Crippen molar-refractivity contribution in [3.63, 3.8) is 0 Å². The Morgan fingerprint density at radius 2 is 2.16 bits per heavy atom. The van der Waals surface area contributed by atoms with Crippen LogP contribution in [0, 0.1) is 0 Å². The van der Waals surface area contributed by atoms with Crippen LogP contribution < -0.4 is 11.1 Å². The van der Waals surface area contributed by atoms with Gasteiger partial charge in [0.25, 0.3) is 0 Å².